The Kier molecular flexibility index (Phi) is 65.5. The number of carbonyl (C=O) groups excluding carboxylic acids is 4. The lowest BCUT2D eigenvalue weighted by atomic mass is 10.0. The van der Waals surface area contributed by atoms with Crippen LogP contribution in [0.1, 0.15) is 388 Å². The van der Waals surface area contributed by atoms with Gasteiger partial charge in [-0.1, -0.05) is 337 Å². The molecular weight excluding hydrogens is 1230 g/mol. The summed E-state index contributed by atoms with van der Waals surface area (Å²) in [5.74, 6) is -0.503. The van der Waals surface area contributed by atoms with Crippen LogP contribution in [0.3, 0.4) is 0 Å². The normalized spacial score (nSPS) is 14.0. The number of hydrogen-bond acceptors (Lipinski definition) is 15. The van der Waals surface area contributed by atoms with E-state index in [1.807, 2.05) is 0 Å². The van der Waals surface area contributed by atoms with Crippen LogP contribution in [0, 0.1) is 11.8 Å². The summed E-state index contributed by atoms with van der Waals surface area (Å²) < 4.78 is 68.3. The molecule has 0 aliphatic heterocycles. The Hall–Kier alpha value is -1.94. The molecule has 17 nitrogen and oxygen atoms in total. The van der Waals surface area contributed by atoms with E-state index < -0.39 is 97.5 Å². The van der Waals surface area contributed by atoms with Crippen LogP contribution in [0.15, 0.2) is 0 Å². The fraction of sp³-hybridized carbons (Fsp3) is 0.947. The lowest BCUT2D eigenvalue weighted by Crippen LogP contribution is -2.30. The fourth-order valence-corrected chi connectivity index (χ4v) is 13.1. The smallest absolute Gasteiger partial charge is 0.462 e. The van der Waals surface area contributed by atoms with Gasteiger partial charge in [0.15, 0.2) is 12.2 Å². The first-order valence-corrected chi connectivity index (χ1v) is 42.0. The van der Waals surface area contributed by atoms with Crippen LogP contribution in [0.4, 0.5) is 0 Å². The molecule has 0 aliphatic rings. The maximum atomic E-state index is 13.1. The van der Waals surface area contributed by atoms with Gasteiger partial charge in [0.1, 0.15) is 19.3 Å². The molecule has 558 valence electrons. The number of carbonyl (C=O) groups is 4. The van der Waals surface area contributed by atoms with Crippen LogP contribution in [0.5, 0.6) is 0 Å². The molecule has 0 aromatic carbocycles. The molecule has 0 aromatic rings. The van der Waals surface area contributed by atoms with E-state index >= 15 is 0 Å². The third-order valence-corrected chi connectivity index (χ3v) is 19.4. The van der Waals surface area contributed by atoms with Gasteiger partial charge in [-0.15, -0.1) is 0 Å². The summed E-state index contributed by atoms with van der Waals surface area (Å²) in [6.45, 7) is 9.59. The van der Waals surface area contributed by atoms with Crippen LogP contribution in [-0.2, 0) is 65.4 Å². The van der Waals surface area contributed by atoms with Crippen molar-refractivity contribution < 1.29 is 80.2 Å². The van der Waals surface area contributed by atoms with Gasteiger partial charge in [0.2, 0.25) is 0 Å². The number of esters is 4. The Morgan fingerprint density at radius 3 is 0.723 bits per heavy atom. The number of unbranched alkanes of at least 4 members (excludes halogenated alkanes) is 44. The van der Waals surface area contributed by atoms with Crippen LogP contribution >= 0.6 is 15.6 Å². The second-order valence-electron chi connectivity index (χ2n) is 28.0. The quantitative estimate of drug-likeness (QED) is 0.0222. The Balaban J connectivity index is 5.14. The predicted octanol–water partition coefficient (Wildman–Crippen LogP) is 21.9. The number of aliphatic hydroxyl groups excluding tert-OH is 1. The van der Waals surface area contributed by atoms with E-state index in [0.717, 1.165) is 115 Å². The first-order valence-electron chi connectivity index (χ1n) is 39.0. The number of hydrogen-bond donors (Lipinski definition) is 3. The van der Waals surface area contributed by atoms with Crippen molar-refractivity contribution in [3.05, 3.63) is 0 Å². The van der Waals surface area contributed by atoms with Crippen LogP contribution in [-0.4, -0.2) is 96.7 Å². The van der Waals surface area contributed by atoms with E-state index in [9.17, 15) is 43.2 Å². The van der Waals surface area contributed by atoms with Crippen molar-refractivity contribution in [2.45, 2.75) is 407 Å². The zero-order valence-corrected chi connectivity index (χ0v) is 63.1. The highest BCUT2D eigenvalue weighted by Crippen LogP contribution is 2.45. The molecule has 5 atom stereocenters. The highest BCUT2D eigenvalue weighted by Gasteiger charge is 2.30. The summed E-state index contributed by atoms with van der Waals surface area (Å²) in [6.07, 6.45) is 54.4. The molecule has 0 bridgehead atoms. The van der Waals surface area contributed by atoms with Crippen molar-refractivity contribution in [2.24, 2.45) is 11.8 Å². The monoisotopic (exact) mass is 1380 g/mol. The van der Waals surface area contributed by atoms with Crippen molar-refractivity contribution in [3.63, 3.8) is 0 Å². The van der Waals surface area contributed by atoms with Gasteiger partial charge >= 0.3 is 39.5 Å². The summed E-state index contributed by atoms with van der Waals surface area (Å²) in [7, 11) is -9.90. The topological polar surface area (TPSA) is 237 Å². The van der Waals surface area contributed by atoms with Gasteiger partial charge in [-0.05, 0) is 37.5 Å². The molecule has 0 amide bonds. The van der Waals surface area contributed by atoms with Crippen LogP contribution in [0.2, 0.25) is 0 Å². The zero-order valence-electron chi connectivity index (χ0n) is 61.3. The Bertz CT molecular complexity index is 1820. The second kappa shape index (κ2) is 66.9. The standard InChI is InChI=1S/C75H146O17P2/c1-7-9-11-13-15-39-45-51-57-72(77)85-63-70(91-74(79)59-53-47-40-16-14-12-10-8-2)65-89-93(81,82)87-61-69(76)62-88-94(83,84)90-66-71(64-86-73(78)58-52-46-41-35-31-27-24-23-26-30-34-38-44-50-56-68(5)6)92-75(80)60-54-48-42-36-32-28-22-20-18-17-19-21-25-29-33-37-43-49-55-67(3)4/h67-71,76H,7-66H2,1-6H3,(H,81,82)(H,83,84)/t69-,70+,71+/m0/s1. The molecule has 0 aromatic heterocycles. The van der Waals surface area contributed by atoms with Crippen molar-refractivity contribution in [3.8, 4) is 0 Å². The summed E-state index contributed by atoms with van der Waals surface area (Å²) in [5, 5.41) is 10.6. The highest BCUT2D eigenvalue weighted by molar-refractivity contribution is 7.47. The van der Waals surface area contributed by atoms with Gasteiger partial charge in [-0.25, -0.2) is 9.13 Å². The molecule has 0 saturated heterocycles. The van der Waals surface area contributed by atoms with Gasteiger partial charge < -0.3 is 33.8 Å². The van der Waals surface area contributed by atoms with Crippen LogP contribution in [0.25, 0.3) is 0 Å². The maximum Gasteiger partial charge on any atom is 0.472 e. The molecule has 3 N–H and O–H groups in total. The van der Waals surface area contributed by atoms with Gasteiger partial charge in [0.25, 0.3) is 0 Å². The average Bonchev–Trinajstić information content (AvgIpc) is 1.68. The average molecular weight is 1380 g/mol. The fourth-order valence-electron chi connectivity index (χ4n) is 11.5. The van der Waals surface area contributed by atoms with Crippen molar-refractivity contribution in [2.75, 3.05) is 39.6 Å². The predicted molar refractivity (Wildman–Crippen MR) is 381 cm³/mol. The summed E-state index contributed by atoms with van der Waals surface area (Å²) in [4.78, 5) is 72.5. The van der Waals surface area contributed by atoms with Crippen LogP contribution < -0.4 is 0 Å². The first-order chi connectivity index (χ1) is 45.4. The molecule has 0 radical (unpaired) electrons. The number of ether oxygens (including phenoxy) is 4. The minimum Gasteiger partial charge on any atom is -0.462 e. The van der Waals surface area contributed by atoms with Gasteiger partial charge in [0, 0.05) is 25.7 Å². The van der Waals surface area contributed by atoms with E-state index in [1.54, 1.807) is 0 Å². The minimum absolute atomic E-state index is 0.105. The SMILES string of the molecule is CCCCCCCCCCC(=O)OC[C@H](COP(=O)(O)OC[C@H](O)COP(=O)(O)OC[C@@H](COC(=O)CCCCCCCCCCCCCCCCC(C)C)OC(=O)CCCCCCCCCCCCCCCCCCCCC(C)C)OC(=O)CCCCCCCCCC. The largest absolute Gasteiger partial charge is 0.472 e. The molecule has 19 heteroatoms. The number of aliphatic hydroxyl groups is 1. The van der Waals surface area contributed by atoms with Gasteiger partial charge in [-0.3, -0.25) is 37.3 Å². The van der Waals surface area contributed by atoms with Gasteiger partial charge in [0.05, 0.1) is 26.4 Å². The van der Waals surface area contributed by atoms with E-state index in [4.69, 9.17) is 37.0 Å². The van der Waals surface area contributed by atoms with E-state index in [1.165, 1.54) is 193 Å². The van der Waals surface area contributed by atoms with Crippen molar-refractivity contribution in [1.29, 1.82) is 0 Å². The molecule has 0 aliphatic carbocycles. The summed E-state index contributed by atoms with van der Waals surface area (Å²) in [5.41, 5.74) is 0. The summed E-state index contributed by atoms with van der Waals surface area (Å²) in [6, 6.07) is 0. The third-order valence-electron chi connectivity index (χ3n) is 17.5. The van der Waals surface area contributed by atoms with E-state index in [0.29, 0.717) is 25.7 Å². The molecule has 2 unspecified atom stereocenters. The first kappa shape index (κ1) is 92.1. The van der Waals surface area contributed by atoms with Gasteiger partial charge in [-0.2, -0.15) is 0 Å². The number of phosphoric ester groups is 2. The maximum absolute atomic E-state index is 13.1. The van der Waals surface area contributed by atoms with Crippen molar-refractivity contribution >= 4 is 39.5 Å². The third kappa shape index (κ3) is 68.6. The summed E-state index contributed by atoms with van der Waals surface area (Å²) >= 11 is 0. The minimum atomic E-state index is -4.95. The molecule has 0 rings (SSSR count). The molecule has 94 heavy (non-hydrogen) atoms. The second-order valence-corrected chi connectivity index (χ2v) is 30.9. The Morgan fingerprint density at radius 1 is 0.287 bits per heavy atom. The zero-order chi connectivity index (χ0) is 69.3. The van der Waals surface area contributed by atoms with Crippen molar-refractivity contribution in [1.82, 2.24) is 0 Å². The van der Waals surface area contributed by atoms with E-state index in [2.05, 4.69) is 41.5 Å². The molecule has 0 spiro atoms. The lowest BCUT2D eigenvalue weighted by molar-refractivity contribution is -0.161. The molecular formula is C75H146O17P2. The molecule has 0 heterocycles. The lowest BCUT2D eigenvalue weighted by Gasteiger charge is -2.21. The van der Waals surface area contributed by atoms with E-state index in [-0.39, 0.29) is 25.7 Å². The number of rotatable bonds is 74. The highest BCUT2D eigenvalue weighted by atomic mass is 31.2. The number of phosphoric acid groups is 2. The molecule has 0 saturated carbocycles. The molecule has 0 fully saturated rings. The Morgan fingerprint density at radius 2 is 0.489 bits per heavy atom. The Labute approximate surface area is 575 Å².